The highest BCUT2D eigenvalue weighted by Gasteiger charge is 2.14. The lowest BCUT2D eigenvalue weighted by molar-refractivity contribution is 0.122. The molecular formula is C17H19N2O. The van der Waals surface area contributed by atoms with Gasteiger partial charge in [-0.2, -0.15) is 0 Å². The van der Waals surface area contributed by atoms with Gasteiger partial charge in [-0.25, -0.2) is 0 Å². The van der Waals surface area contributed by atoms with Gasteiger partial charge in [-0.1, -0.05) is 24.3 Å². The van der Waals surface area contributed by atoms with E-state index in [1.54, 1.807) is 0 Å². The van der Waals surface area contributed by atoms with Gasteiger partial charge in [0.25, 0.3) is 0 Å². The van der Waals surface area contributed by atoms with Gasteiger partial charge in [0.2, 0.25) is 0 Å². The Morgan fingerprint density at radius 1 is 1.15 bits per heavy atom. The van der Waals surface area contributed by atoms with Gasteiger partial charge >= 0.3 is 0 Å². The minimum absolute atomic E-state index is 0.808. The fourth-order valence-corrected chi connectivity index (χ4v) is 2.56. The van der Waals surface area contributed by atoms with Crippen LogP contribution in [0.4, 0.5) is 5.69 Å². The minimum atomic E-state index is 0.808. The highest BCUT2D eigenvalue weighted by Crippen LogP contribution is 2.21. The van der Waals surface area contributed by atoms with Gasteiger partial charge < -0.3 is 9.64 Å². The first-order valence-electron chi connectivity index (χ1n) is 7.15. The van der Waals surface area contributed by atoms with Crippen molar-refractivity contribution >= 4 is 5.69 Å². The molecule has 1 aromatic heterocycles. The normalized spacial score (nSPS) is 15.3. The molecule has 0 N–H and O–H groups in total. The van der Waals surface area contributed by atoms with E-state index in [1.165, 1.54) is 16.9 Å². The first kappa shape index (κ1) is 13.1. The third-order valence-electron chi connectivity index (χ3n) is 3.64. The Balaban J connectivity index is 1.72. The van der Waals surface area contributed by atoms with E-state index < -0.39 is 0 Å². The van der Waals surface area contributed by atoms with Crippen molar-refractivity contribution in [3.05, 3.63) is 59.9 Å². The van der Waals surface area contributed by atoms with Crippen molar-refractivity contribution in [1.82, 2.24) is 4.98 Å². The van der Waals surface area contributed by atoms with E-state index in [-0.39, 0.29) is 0 Å². The molecular weight excluding hydrogens is 248 g/mol. The zero-order chi connectivity index (χ0) is 13.6. The summed E-state index contributed by atoms with van der Waals surface area (Å²) >= 11 is 0. The second-order valence-corrected chi connectivity index (χ2v) is 4.98. The van der Waals surface area contributed by atoms with E-state index in [0.29, 0.717) is 0 Å². The van der Waals surface area contributed by atoms with Crippen LogP contribution < -0.4 is 4.90 Å². The molecule has 0 bridgehead atoms. The predicted molar refractivity (Wildman–Crippen MR) is 80.0 cm³/mol. The van der Waals surface area contributed by atoms with E-state index >= 15 is 0 Å². The number of aryl methyl sites for hydroxylation is 2. The van der Waals surface area contributed by atoms with Crippen LogP contribution in [0.15, 0.2) is 42.6 Å². The Labute approximate surface area is 120 Å². The molecule has 3 heteroatoms. The molecule has 2 heterocycles. The average Bonchev–Trinajstić information content (AvgIpc) is 2.55. The van der Waals surface area contributed by atoms with Crippen molar-refractivity contribution in [2.45, 2.75) is 12.8 Å². The molecule has 1 saturated heterocycles. The fraction of sp³-hybridized carbons (Fsp3) is 0.353. The Kier molecular flexibility index (Phi) is 4.28. The van der Waals surface area contributed by atoms with Crippen LogP contribution in [0, 0.1) is 6.07 Å². The topological polar surface area (TPSA) is 25.4 Å². The molecule has 0 unspecified atom stereocenters. The van der Waals surface area contributed by atoms with Crippen LogP contribution in [-0.2, 0) is 17.6 Å². The number of nitrogens with zero attached hydrogens (tertiary/aromatic N) is 2. The van der Waals surface area contributed by atoms with Gasteiger partial charge in [0.15, 0.2) is 0 Å². The monoisotopic (exact) mass is 267 g/mol. The molecule has 1 aromatic carbocycles. The second kappa shape index (κ2) is 6.53. The number of benzene rings is 1. The van der Waals surface area contributed by atoms with Gasteiger partial charge in [0.05, 0.1) is 24.6 Å². The molecule has 3 nitrogen and oxygen atoms in total. The maximum atomic E-state index is 5.42. The number of rotatable bonds is 4. The summed E-state index contributed by atoms with van der Waals surface area (Å²) in [6.07, 6.45) is 3.85. The third-order valence-corrected chi connectivity index (χ3v) is 3.64. The van der Waals surface area contributed by atoms with Gasteiger partial charge in [-0.15, -0.1) is 0 Å². The summed E-state index contributed by atoms with van der Waals surface area (Å²) in [6, 6.07) is 15.5. The molecule has 0 aliphatic carbocycles. The SMILES string of the molecule is [c]1cccc(CCc2ncccc2N2CCOCC2)c1. The van der Waals surface area contributed by atoms with E-state index in [1.807, 2.05) is 24.4 Å². The van der Waals surface area contributed by atoms with E-state index in [4.69, 9.17) is 4.74 Å². The lowest BCUT2D eigenvalue weighted by Crippen LogP contribution is -2.37. The summed E-state index contributed by atoms with van der Waals surface area (Å²) < 4.78 is 5.42. The van der Waals surface area contributed by atoms with Crippen molar-refractivity contribution in [2.75, 3.05) is 31.2 Å². The number of hydrogen-bond donors (Lipinski definition) is 0. The Bertz CT molecular complexity index is 536. The standard InChI is InChI=1S/C17H19N2O/c1-2-5-15(6-3-1)8-9-16-17(7-4-10-18-16)19-11-13-20-14-12-19/h1-2,4-7,10H,8-9,11-14H2. The average molecular weight is 267 g/mol. The summed E-state index contributed by atoms with van der Waals surface area (Å²) in [7, 11) is 0. The zero-order valence-corrected chi connectivity index (χ0v) is 11.6. The molecule has 0 amide bonds. The van der Waals surface area contributed by atoms with Crippen LogP contribution in [0.5, 0.6) is 0 Å². The highest BCUT2D eigenvalue weighted by atomic mass is 16.5. The highest BCUT2D eigenvalue weighted by molar-refractivity contribution is 5.51. The molecule has 0 saturated carbocycles. The van der Waals surface area contributed by atoms with E-state index in [2.05, 4.69) is 34.1 Å². The molecule has 0 atom stereocenters. The Morgan fingerprint density at radius 3 is 2.85 bits per heavy atom. The molecule has 1 fully saturated rings. The molecule has 2 aromatic rings. The van der Waals surface area contributed by atoms with Crippen LogP contribution in [0.25, 0.3) is 0 Å². The fourth-order valence-electron chi connectivity index (χ4n) is 2.56. The van der Waals surface area contributed by atoms with Crippen molar-refractivity contribution < 1.29 is 4.74 Å². The Morgan fingerprint density at radius 2 is 2.05 bits per heavy atom. The number of pyridine rings is 1. The smallest absolute Gasteiger partial charge is 0.0642 e. The molecule has 1 radical (unpaired) electrons. The van der Waals surface area contributed by atoms with Crippen LogP contribution in [0.3, 0.4) is 0 Å². The summed E-state index contributed by atoms with van der Waals surface area (Å²) in [6.45, 7) is 3.53. The zero-order valence-electron chi connectivity index (χ0n) is 11.6. The maximum Gasteiger partial charge on any atom is 0.0642 e. The first-order valence-corrected chi connectivity index (χ1v) is 7.15. The van der Waals surface area contributed by atoms with E-state index in [9.17, 15) is 0 Å². The number of ether oxygens (including phenoxy) is 1. The van der Waals surface area contributed by atoms with Crippen LogP contribution in [-0.4, -0.2) is 31.3 Å². The lowest BCUT2D eigenvalue weighted by Gasteiger charge is -2.30. The lowest BCUT2D eigenvalue weighted by atomic mass is 10.1. The van der Waals surface area contributed by atoms with Crippen molar-refractivity contribution in [2.24, 2.45) is 0 Å². The van der Waals surface area contributed by atoms with Crippen LogP contribution in [0.2, 0.25) is 0 Å². The summed E-state index contributed by atoms with van der Waals surface area (Å²) in [4.78, 5) is 6.95. The first-order chi connectivity index (χ1) is 9.93. The van der Waals surface area contributed by atoms with Crippen LogP contribution >= 0.6 is 0 Å². The molecule has 3 rings (SSSR count). The number of hydrogen-bond acceptors (Lipinski definition) is 3. The third kappa shape index (κ3) is 3.17. The van der Waals surface area contributed by atoms with Gasteiger partial charge in [-0.05, 0) is 36.6 Å². The van der Waals surface area contributed by atoms with Crippen molar-refractivity contribution in [1.29, 1.82) is 0 Å². The van der Waals surface area contributed by atoms with Gasteiger partial charge in [0, 0.05) is 19.3 Å². The molecule has 103 valence electrons. The molecule has 1 aliphatic heterocycles. The maximum absolute atomic E-state index is 5.42. The molecule has 1 aliphatic rings. The van der Waals surface area contributed by atoms with Gasteiger partial charge in [-0.3, -0.25) is 4.98 Å². The summed E-state index contributed by atoms with van der Waals surface area (Å²) in [5.41, 5.74) is 3.75. The van der Waals surface area contributed by atoms with Crippen molar-refractivity contribution in [3.8, 4) is 0 Å². The number of morpholine rings is 1. The molecule has 20 heavy (non-hydrogen) atoms. The largest absolute Gasteiger partial charge is 0.378 e. The summed E-state index contributed by atoms with van der Waals surface area (Å²) in [5.74, 6) is 0. The Hall–Kier alpha value is -1.87. The van der Waals surface area contributed by atoms with Gasteiger partial charge in [0.1, 0.15) is 0 Å². The second-order valence-electron chi connectivity index (χ2n) is 4.98. The van der Waals surface area contributed by atoms with Crippen LogP contribution in [0.1, 0.15) is 11.3 Å². The molecule has 0 spiro atoms. The number of aromatic nitrogens is 1. The quantitative estimate of drug-likeness (QED) is 0.851. The minimum Gasteiger partial charge on any atom is -0.378 e. The summed E-state index contributed by atoms with van der Waals surface area (Å²) in [5, 5.41) is 0. The number of anilines is 1. The van der Waals surface area contributed by atoms with Crippen molar-refractivity contribution in [3.63, 3.8) is 0 Å². The van der Waals surface area contributed by atoms with E-state index in [0.717, 1.165) is 39.1 Å². The predicted octanol–water partition coefficient (Wildman–Crippen LogP) is 2.50.